The zero-order chi connectivity index (χ0) is 30.9. The van der Waals surface area contributed by atoms with Crippen molar-refractivity contribution in [1.29, 1.82) is 0 Å². The van der Waals surface area contributed by atoms with Gasteiger partial charge in [-0.05, 0) is 72.9 Å². The van der Waals surface area contributed by atoms with Crippen LogP contribution in [-0.2, 0) is 31.4 Å². The largest absolute Gasteiger partial charge is 0.393 e. The van der Waals surface area contributed by atoms with Crippen LogP contribution in [0.15, 0.2) is 77.2 Å². The number of allylic oxidation sites excluding steroid dienone is 4. The molecule has 0 amide bonds. The van der Waals surface area contributed by atoms with Gasteiger partial charge in [-0.25, -0.2) is 0 Å². The molecule has 0 aromatic heterocycles. The number of rotatable bonds is 7. The van der Waals surface area contributed by atoms with Crippen LogP contribution in [0.2, 0.25) is 0 Å². The van der Waals surface area contributed by atoms with Crippen LogP contribution >= 0.6 is 11.8 Å². The Morgan fingerprint density at radius 3 is 2.48 bits per heavy atom. The van der Waals surface area contributed by atoms with E-state index < -0.39 is 41.5 Å². The fraction of sp³-hybridized carbons (Fsp3) is 0.500. The van der Waals surface area contributed by atoms with Gasteiger partial charge in [0.1, 0.15) is 6.61 Å². The number of hydrogen-bond acceptors (Lipinski definition) is 8. The molecule has 2 aromatic carbocycles. The predicted octanol–water partition coefficient (Wildman–Crippen LogP) is 5.07. The Kier molecular flexibility index (Phi) is 7.55. The second-order valence-electron chi connectivity index (χ2n) is 13.7. The molecule has 7 rings (SSSR count). The highest BCUT2D eigenvalue weighted by molar-refractivity contribution is 7.98. The number of Topliss-reactive ketones (excluding diaryl/α,β-unsaturated/α-hetero) is 1. The fourth-order valence-electron chi connectivity index (χ4n) is 9.46. The summed E-state index contributed by atoms with van der Waals surface area (Å²) in [6, 6.07) is 15.9. The molecule has 4 aliphatic carbocycles. The Labute approximate surface area is 262 Å². The van der Waals surface area contributed by atoms with Crippen LogP contribution in [0.3, 0.4) is 0 Å². The van der Waals surface area contributed by atoms with Crippen LogP contribution in [0.25, 0.3) is 0 Å². The van der Waals surface area contributed by atoms with Gasteiger partial charge in [0, 0.05) is 33.0 Å². The summed E-state index contributed by atoms with van der Waals surface area (Å²) >= 11 is 1.71. The van der Waals surface area contributed by atoms with Crippen molar-refractivity contribution in [3.8, 4) is 0 Å². The number of fused-ring (bicyclic) bond motifs is 7. The third kappa shape index (κ3) is 4.44. The quantitative estimate of drug-likeness (QED) is 0.370. The monoisotopic (exact) mass is 616 g/mol. The average molecular weight is 617 g/mol. The normalized spacial score (nSPS) is 38.8. The van der Waals surface area contributed by atoms with E-state index >= 15 is 0 Å². The second-order valence-corrected chi connectivity index (χ2v) is 14.7. The molecule has 0 radical (unpaired) electrons. The van der Waals surface area contributed by atoms with E-state index in [1.807, 2.05) is 54.6 Å². The van der Waals surface area contributed by atoms with Gasteiger partial charge in [-0.1, -0.05) is 61.9 Å². The minimum atomic E-state index is -1.35. The summed E-state index contributed by atoms with van der Waals surface area (Å²) in [5.41, 5.74) is 1.44. The number of benzene rings is 2. The fourth-order valence-corrected chi connectivity index (χ4v) is 10.3. The van der Waals surface area contributed by atoms with E-state index in [0.29, 0.717) is 12.8 Å². The highest BCUT2D eigenvalue weighted by Gasteiger charge is 2.75. The van der Waals surface area contributed by atoms with Gasteiger partial charge in [0.2, 0.25) is 0 Å². The molecular weight excluding hydrogens is 576 g/mol. The molecule has 232 valence electrons. The Morgan fingerprint density at radius 2 is 1.77 bits per heavy atom. The van der Waals surface area contributed by atoms with Gasteiger partial charge >= 0.3 is 0 Å². The van der Waals surface area contributed by atoms with Crippen molar-refractivity contribution < 1.29 is 34.4 Å². The maximum atomic E-state index is 13.8. The summed E-state index contributed by atoms with van der Waals surface area (Å²) in [4.78, 5) is 27.0. The number of ketones is 2. The van der Waals surface area contributed by atoms with E-state index in [2.05, 4.69) is 13.8 Å². The van der Waals surface area contributed by atoms with Gasteiger partial charge in [-0.15, -0.1) is 11.8 Å². The number of aliphatic hydroxyl groups is 3. The minimum Gasteiger partial charge on any atom is -0.393 e. The molecule has 1 aliphatic heterocycles. The maximum Gasteiger partial charge on any atom is 0.193 e. The number of thioether (sulfide) groups is 1. The molecule has 8 heteroatoms. The molecule has 0 spiro atoms. The van der Waals surface area contributed by atoms with E-state index in [-0.39, 0.29) is 35.9 Å². The van der Waals surface area contributed by atoms with E-state index in [0.717, 1.165) is 45.8 Å². The van der Waals surface area contributed by atoms with Crippen LogP contribution < -0.4 is 0 Å². The highest BCUT2D eigenvalue weighted by atomic mass is 32.2. The molecule has 9 atom stereocenters. The van der Waals surface area contributed by atoms with Gasteiger partial charge in [0.05, 0.1) is 18.8 Å². The SMILES string of the molecule is C[C@]12C=CC(=O)C=C1CC[C@@H]1[C@@H]2[C@@H](O)C[C@@]2(C)[C@H]1C[C@H]1O[C@@H](c3ccc(CSc4ccc(CO)cc4)cc3)O[C@]12C(=O)CO. The molecule has 44 heavy (non-hydrogen) atoms. The lowest BCUT2D eigenvalue weighted by Gasteiger charge is -2.59. The molecule has 5 aliphatic rings. The van der Waals surface area contributed by atoms with E-state index in [4.69, 9.17) is 9.47 Å². The second kappa shape index (κ2) is 11.0. The van der Waals surface area contributed by atoms with Crippen molar-refractivity contribution in [2.75, 3.05) is 6.61 Å². The van der Waals surface area contributed by atoms with E-state index in [1.165, 1.54) is 0 Å². The van der Waals surface area contributed by atoms with Gasteiger partial charge in [0.15, 0.2) is 23.5 Å². The van der Waals surface area contributed by atoms with Crippen LogP contribution in [0.4, 0.5) is 0 Å². The lowest BCUT2D eigenvalue weighted by Crippen LogP contribution is -2.63. The van der Waals surface area contributed by atoms with Gasteiger partial charge < -0.3 is 24.8 Å². The molecule has 3 N–H and O–H groups in total. The maximum absolute atomic E-state index is 13.8. The van der Waals surface area contributed by atoms with Crippen LogP contribution in [0, 0.1) is 28.6 Å². The Balaban J connectivity index is 1.12. The van der Waals surface area contributed by atoms with E-state index in [9.17, 15) is 24.9 Å². The molecule has 7 nitrogen and oxygen atoms in total. The number of ether oxygens (including phenoxy) is 2. The molecule has 3 saturated carbocycles. The number of carbonyl (C=O) groups is 2. The summed E-state index contributed by atoms with van der Waals surface area (Å²) in [6.07, 6.45) is 5.96. The Bertz CT molecular complexity index is 1520. The summed E-state index contributed by atoms with van der Waals surface area (Å²) in [6.45, 7) is 3.57. The van der Waals surface area contributed by atoms with Gasteiger partial charge in [0.25, 0.3) is 0 Å². The van der Waals surface area contributed by atoms with Gasteiger partial charge in [-0.2, -0.15) is 0 Å². The average Bonchev–Trinajstić information content (AvgIpc) is 3.53. The molecule has 0 bridgehead atoms. The molecule has 0 unspecified atom stereocenters. The van der Waals surface area contributed by atoms with Gasteiger partial charge in [-0.3, -0.25) is 9.59 Å². The van der Waals surface area contributed by atoms with Crippen molar-refractivity contribution in [3.05, 3.63) is 89.0 Å². The summed E-state index contributed by atoms with van der Waals surface area (Å²) in [5.74, 6) is 0.514. The summed E-state index contributed by atoms with van der Waals surface area (Å²) in [7, 11) is 0. The third-order valence-corrected chi connectivity index (χ3v) is 12.6. The molecule has 2 aromatic rings. The lowest BCUT2D eigenvalue weighted by atomic mass is 9.46. The number of hydrogen-bond donors (Lipinski definition) is 3. The van der Waals surface area contributed by atoms with Crippen molar-refractivity contribution >= 4 is 23.3 Å². The lowest BCUT2D eigenvalue weighted by molar-refractivity contribution is -0.201. The standard InChI is InChI=1S/C36H40O7S/c1-34-14-13-25(39)15-24(34)9-12-27-28-16-31-36(30(41)19-38,35(28,2)17-29(40)32(27)34)43-33(42-31)23-7-3-22(4-8-23)20-44-26-10-5-21(18-37)6-11-26/h3-8,10-11,13-15,27-29,31-33,37-38,40H,9,12,16-20H2,1-2H3/t27-,28-,29-,31+,32+,33+,34-,35-,36+/m0/s1. The smallest absolute Gasteiger partial charge is 0.193 e. The zero-order valence-electron chi connectivity index (χ0n) is 25.1. The van der Waals surface area contributed by atoms with Crippen LogP contribution in [-0.4, -0.2) is 51.3 Å². The first-order chi connectivity index (χ1) is 21.1. The zero-order valence-corrected chi connectivity index (χ0v) is 26.0. The topological polar surface area (TPSA) is 113 Å². The Morgan fingerprint density at radius 1 is 1.05 bits per heavy atom. The number of aliphatic hydroxyl groups excluding tert-OH is 3. The predicted molar refractivity (Wildman–Crippen MR) is 165 cm³/mol. The molecule has 1 heterocycles. The van der Waals surface area contributed by atoms with Crippen LogP contribution in [0.5, 0.6) is 0 Å². The van der Waals surface area contributed by atoms with Crippen molar-refractivity contribution in [2.24, 2.45) is 28.6 Å². The van der Waals surface area contributed by atoms with Crippen molar-refractivity contribution in [2.45, 2.75) is 80.9 Å². The van der Waals surface area contributed by atoms with Crippen molar-refractivity contribution in [1.82, 2.24) is 0 Å². The number of carbonyl (C=O) groups excluding carboxylic acids is 2. The first-order valence-electron chi connectivity index (χ1n) is 15.6. The first kappa shape index (κ1) is 30.1. The summed E-state index contributed by atoms with van der Waals surface area (Å²) < 4.78 is 13.3. The first-order valence-corrected chi connectivity index (χ1v) is 16.6. The summed E-state index contributed by atoms with van der Waals surface area (Å²) in [5, 5.41) is 31.3. The van der Waals surface area contributed by atoms with E-state index in [1.54, 1.807) is 23.9 Å². The van der Waals surface area contributed by atoms with Crippen LogP contribution in [0.1, 0.15) is 62.5 Å². The molecule has 1 saturated heterocycles. The molecule has 4 fully saturated rings. The van der Waals surface area contributed by atoms with Crippen molar-refractivity contribution in [3.63, 3.8) is 0 Å². The molecular formula is C36H40O7S. The minimum absolute atomic E-state index is 0.00196. The Hall–Kier alpha value is -2.59. The third-order valence-electron chi connectivity index (χ3n) is 11.6. The highest BCUT2D eigenvalue weighted by Crippen LogP contribution is 2.70.